The molecule has 0 radical (unpaired) electrons. The lowest BCUT2D eigenvalue weighted by atomic mass is 9.80. The molecule has 1 aromatic rings. The highest BCUT2D eigenvalue weighted by Crippen LogP contribution is 2.35. The van der Waals surface area contributed by atoms with Gasteiger partial charge in [0, 0.05) is 6.04 Å². The first-order chi connectivity index (χ1) is 7.68. The summed E-state index contributed by atoms with van der Waals surface area (Å²) in [6, 6.07) is 10.2. The number of nitrogens with two attached hydrogens (primary N) is 1. The fourth-order valence-electron chi connectivity index (χ4n) is 2.60. The van der Waals surface area contributed by atoms with Crippen LogP contribution in [0.5, 0.6) is 0 Å². The summed E-state index contributed by atoms with van der Waals surface area (Å²) in [5, 5.41) is 0. The average Bonchev–Trinajstić information content (AvgIpc) is 2.28. The molecule has 2 unspecified atom stereocenters. The molecule has 1 aromatic carbocycles. The van der Waals surface area contributed by atoms with E-state index < -0.39 is 5.67 Å². The zero-order chi connectivity index (χ0) is 11.4. The largest absolute Gasteiger partial charge is 0.328 e. The summed E-state index contributed by atoms with van der Waals surface area (Å²) in [5.41, 5.74) is 6.04. The molecule has 0 aromatic heterocycles. The van der Waals surface area contributed by atoms with Crippen molar-refractivity contribution in [2.45, 2.75) is 50.2 Å². The van der Waals surface area contributed by atoms with Crippen LogP contribution in [-0.4, -0.2) is 11.7 Å². The average molecular weight is 221 g/mol. The number of hydrogen-bond acceptors (Lipinski definition) is 1. The van der Waals surface area contributed by atoms with Gasteiger partial charge < -0.3 is 5.73 Å². The van der Waals surface area contributed by atoms with E-state index in [1.807, 2.05) is 18.2 Å². The van der Waals surface area contributed by atoms with Crippen molar-refractivity contribution in [2.75, 3.05) is 0 Å². The Morgan fingerprint density at radius 2 is 2.06 bits per heavy atom. The van der Waals surface area contributed by atoms with Crippen molar-refractivity contribution in [3.8, 4) is 0 Å². The van der Waals surface area contributed by atoms with Gasteiger partial charge in [0.2, 0.25) is 0 Å². The highest BCUT2D eigenvalue weighted by molar-refractivity contribution is 5.15. The van der Waals surface area contributed by atoms with Crippen LogP contribution in [0, 0.1) is 0 Å². The van der Waals surface area contributed by atoms with E-state index in [1.165, 1.54) is 5.56 Å². The first-order valence-electron chi connectivity index (χ1n) is 6.16. The van der Waals surface area contributed by atoms with Crippen LogP contribution in [0.1, 0.15) is 37.7 Å². The Morgan fingerprint density at radius 1 is 1.31 bits per heavy atom. The number of aryl methyl sites for hydroxylation is 1. The van der Waals surface area contributed by atoms with Gasteiger partial charge in [-0.1, -0.05) is 30.3 Å². The van der Waals surface area contributed by atoms with Crippen molar-refractivity contribution >= 4 is 0 Å². The summed E-state index contributed by atoms with van der Waals surface area (Å²) >= 11 is 0. The first-order valence-corrected chi connectivity index (χ1v) is 6.16. The molecule has 1 fully saturated rings. The van der Waals surface area contributed by atoms with Crippen molar-refractivity contribution in [3.05, 3.63) is 35.9 Å². The molecule has 1 aliphatic carbocycles. The highest BCUT2D eigenvalue weighted by atomic mass is 19.1. The SMILES string of the molecule is NC1CCCC(F)(CCc2ccccc2)C1. The molecule has 0 heterocycles. The minimum absolute atomic E-state index is 0.0644. The Morgan fingerprint density at radius 3 is 2.75 bits per heavy atom. The highest BCUT2D eigenvalue weighted by Gasteiger charge is 2.34. The maximum Gasteiger partial charge on any atom is 0.112 e. The summed E-state index contributed by atoms with van der Waals surface area (Å²) in [4.78, 5) is 0. The number of halogens is 1. The second kappa shape index (κ2) is 4.96. The molecule has 2 rings (SSSR count). The zero-order valence-corrected chi connectivity index (χ0v) is 9.66. The Bertz CT molecular complexity index is 325. The van der Waals surface area contributed by atoms with Crippen molar-refractivity contribution < 1.29 is 4.39 Å². The van der Waals surface area contributed by atoms with E-state index in [0.717, 1.165) is 19.3 Å². The quantitative estimate of drug-likeness (QED) is 0.833. The molecule has 0 amide bonds. The Kier molecular flexibility index (Phi) is 3.59. The van der Waals surface area contributed by atoms with E-state index in [2.05, 4.69) is 12.1 Å². The third-order valence-corrected chi connectivity index (χ3v) is 3.53. The van der Waals surface area contributed by atoms with Gasteiger partial charge >= 0.3 is 0 Å². The van der Waals surface area contributed by atoms with Crippen LogP contribution in [-0.2, 0) is 6.42 Å². The van der Waals surface area contributed by atoms with Gasteiger partial charge in [0.1, 0.15) is 5.67 Å². The minimum Gasteiger partial charge on any atom is -0.328 e. The van der Waals surface area contributed by atoms with Crippen LogP contribution < -0.4 is 5.73 Å². The van der Waals surface area contributed by atoms with E-state index in [0.29, 0.717) is 19.3 Å². The van der Waals surface area contributed by atoms with Crippen molar-refractivity contribution in [3.63, 3.8) is 0 Å². The van der Waals surface area contributed by atoms with Crippen molar-refractivity contribution in [1.29, 1.82) is 0 Å². The van der Waals surface area contributed by atoms with Crippen LogP contribution in [0.25, 0.3) is 0 Å². The number of benzene rings is 1. The molecule has 1 aliphatic rings. The fourth-order valence-corrected chi connectivity index (χ4v) is 2.60. The molecule has 0 spiro atoms. The summed E-state index contributed by atoms with van der Waals surface area (Å²) in [6.07, 6.45) is 4.59. The zero-order valence-electron chi connectivity index (χ0n) is 9.66. The van der Waals surface area contributed by atoms with Crippen LogP contribution in [0.4, 0.5) is 4.39 Å². The van der Waals surface area contributed by atoms with E-state index >= 15 is 0 Å². The second-order valence-corrected chi connectivity index (χ2v) is 4.99. The predicted octanol–water partition coefficient (Wildman–Crippen LogP) is 3.23. The lowest BCUT2D eigenvalue weighted by Gasteiger charge is -2.33. The van der Waals surface area contributed by atoms with Gasteiger partial charge in [-0.15, -0.1) is 0 Å². The van der Waals surface area contributed by atoms with Crippen LogP contribution in [0.15, 0.2) is 30.3 Å². The van der Waals surface area contributed by atoms with Gasteiger partial charge in [-0.05, 0) is 44.1 Å². The topological polar surface area (TPSA) is 26.0 Å². The molecule has 1 nitrogen and oxygen atoms in total. The molecular formula is C14H20FN. The summed E-state index contributed by atoms with van der Waals surface area (Å²) in [5.74, 6) is 0. The van der Waals surface area contributed by atoms with Crippen LogP contribution >= 0.6 is 0 Å². The first kappa shape index (κ1) is 11.6. The normalized spacial score (nSPS) is 30.2. The van der Waals surface area contributed by atoms with E-state index in [-0.39, 0.29) is 6.04 Å². The smallest absolute Gasteiger partial charge is 0.112 e. The molecule has 16 heavy (non-hydrogen) atoms. The van der Waals surface area contributed by atoms with Gasteiger partial charge in [-0.2, -0.15) is 0 Å². The Hall–Kier alpha value is -0.890. The second-order valence-electron chi connectivity index (χ2n) is 4.99. The molecule has 0 saturated heterocycles. The predicted molar refractivity (Wildman–Crippen MR) is 65.0 cm³/mol. The molecule has 1 saturated carbocycles. The molecule has 88 valence electrons. The number of hydrogen-bond donors (Lipinski definition) is 1. The summed E-state index contributed by atoms with van der Waals surface area (Å²) in [6.45, 7) is 0. The summed E-state index contributed by atoms with van der Waals surface area (Å²) < 4.78 is 14.4. The minimum atomic E-state index is -1.02. The maximum atomic E-state index is 14.4. The lowest BCUT2D eigenvalue weighted by molar-refractivity contribution is 0.0865. The molecule has 2 N–H and O–H groups in total. The number of rotatable bonds is 3. The molecule has 2 atom stereocenters. The van der Waals surface area contributed by atoms with Gasteiger partial charge in [0.15, 0.2) is 0 Å². The monoisotopic (exact) mass is 221 g/mol. The standard InChI is InChI=1S/C14H20FN/c15-14(9-4-7-13(16)11-14)10-8-12-5-2-1-3-6-12/h1-3,5-6,13H,4,7-11,16H2. The molecule has 0 aliphatic heterocycles. The summed E-state index contributed by atoms with van der Waals surface area (Å²) in [7, 11) is 0. The van der Waals surface area contributed by atoms with E-state index in [1.54, 1.807) is 0 Å². The van der Waals surface area contributed by atoms with Crippen LogP contribution in [0.3, 0.4) is 0 Å². The third-order valence-electron chi connectivity index (χ3n) is 3.53. The van der Waals surface area contributed by atoms with E-state index in [4.69, 9.17) is 5.73 Å². The molecule has 0 bridgehead atoms. The van der Waals surface area contributed by atoms with Gasteiger partial charge in [0.25, 0.3) is 0 Å². The van der Waals surface area contributed by atoms with E-state index in [9.17, 15) is 4.39 Å². The fraction of sp³-hybridized carbons (Fsp3) is 0.571. The Labute approximate surface area is 96.9 Å². The van der Waals surface area contributed by atoms with Crippen LogP contribution in [0.2, 0.25) is 0 Å². The van der Waals surface area contributed by atoms with Gasteiger partial charge in [0.05, 0.1) is 0 Å². The van der Waals surface area contributed by atoms with Crippen molar-refractivity contribution in [2.24, 2.45) is 5.73 Å². The lowest BCUT2D eigenvalue weighted by Crippen LogP contribution is -2.38. The van der Waals surface area contributed by atoms with Gasteiger partial charge in [-0.3, -0.25) is 0 Å². The maximum absolute atomic E-state index is 14.4. The number of alkyl halides is 1. The van der Waals surface area contributed by atoms with Crippen molar-refractivity contribution in [1.82, 2.24) is 0 Å². The Balaban J connectivity index is 1.89. The third kappa shape index (κ3) is 3.05. The van der Waals surface area contributed by atoms with Gasteiger partial charge in [-0.25, -0.2) is 4.39 Å². The molecular weight excluding hydrogens is 201 g/mol. The molecule has 2 heteroatoms.